The second kappa shape index (κ2) is 8.37. The Morgan fingerprint density at radius 2 is 2.25 bits per heavy atom. The van der Waals surface area contributed by atoms with Crippen molar-refractivity contribution in [3.8, 4) is 0 Å². The number of guanidine groups is 1. The Morgan fingerprint density at radius 3 is 3.11 bits per heavy atom. The molecule has 0 saturated carbocycles. The molecule has 3 aromatic rings. The van der Waals surface area contributed by atoms with Gasteiger partial charge in [0, 0.05) is 45.1 Å². The van der Waals surface area contributed by atoms with E-state index in [-0.39, 0.29) is 0 Å². The lowest BCUT2D eigenvalue weighted by molar-refractivity contribution is 0.392. The van der Waals surface area contributed by atoms with Crippen LogP contribution >= 0.6 is 0 Å². The van der Waals surface area contributed by atoms with Gasteiger partial charge in [0.1, 0.15) is 11.6 Å². The van der Waals surface area contributed by atoms with Crippen molar-refractivity contribution in [2.24, 2.45) is 4.99 Å². The number of fused-ring (bicyclic) bond motifs is 2. The van der Waals surface area contributed by atoms with Gasteiger partial charge < -0.3 is 10.6 Å². The first-order chi connectivity index (χ1) is 13.8. The Kier molecular flexibility index (Phi) is 5.50. The van der Waals surface area contributed by atoms with Crippen LogP contribution in [0.25, 0.3) is 5.65 Å². The van der Waals surface area contributed by atoms with Crippen LogP contribution in [0.5, 0.6) is 0 Å². The maximum Gasteiger partial charge on any atom is 0.191 e. The molecule has 0 saturated heterocycles. The summed E-state index contributed by atoms with van der Waals surface area (Å²) in [4.78, 5) is 8.93. The molecule has 2 N–H and O–H groups in total. The molecule has 1 atom stereocenters. The molecule has 1 aliphatic rings. The van der Waals surface area contributed by atoms with Crippen molar-refractivity contribution in [1.29, 1.82) is 0 Å². The summed E-state index contributed by atoms with van der Waals surface area (Å²) in [5.74, 6) is 3.84. The van der Waals surface area contributed by atoms with E-state index < -0.39 is 0 Å². The van der Waals surface area contributed by atoms with Gasteiger partial charge in [-0.05, 0) is 25.0 Å². The van der Waals surface area contributed by atoms with E-state index in [0.717, 1.165) is 74.3 Å². The van der Waals surface area contributed by atoms with Gasteiger partial charge in [0.05, 0.1) is 6.54 Å². The molecule has 9 heteroatoms. The molecule has 3 aromatic heterocycles. The van der Waals surface area contributed by atoms with Crippen LogP contribution in [-0.2, 0) is 25.8 Å². The summed E-state index contributed by atoms with van der Waals surface area (Å²) >= 11 is 0. The normalized spacial score (nSPS) is 16.9. The molecule has 0 spiro atoms. The van der Waals surface area contributed by atoms with Gasteiger partial charge in [0.25, 0.3) is 0 Å². The van der Waals surface area contributed by atoms with E-state index in [9.17, 15) is 0 Å². The summed E-state index contributed by atoms with van der Waals surface area (Å²) < 4.78 is 4.07. The number of pyridine rings is 1. The third-order valence-corrected chi connectivity index (χ3v) is 5.04. The van der Waals surface area contributed by atoms with Crippen molar-refractivity contribution in [3.63, 3.8) is 0 Å². The molecule has 1 unspecified atom stereocenters. The molecule has 0 radical (unpaired) electrons. The van der Waals surface area contributed by atoms with Crippen molar-refractivity contribution in [3.05, 3.63) is 41.9 Å². The first kappa shape index (κ1) is 18.4. The lowest BCUT2D eigenvalue weighted by Crippen LogP contribution is -2.47. The Morgan fingerprint density at radius 1 is 1.32 bits per heavy atom. The van der Waals surface area contributed by atoms with Gasteiger partial charge in [-0.2, -0.15) is 5.10 Å². The van der Waals surface area contributed by atoms with E-state index in [1.807, 2.05) is 33.5 Å². The number of hydrogen-bond donors (Lipinski definition) is 2. The van der Waals surface area contributed by atoms with Crippen LogP contribution in [-0.4, -0.2) is 55.0 Å². The zero-order chi connectivity index (χ0) is 19.3. The Labute approximate surface area is 164 Å². The number of rotatable bonds is 6. The van der Waals surface area contributed by atoms with Gasteiger partial charge in [-0.25, -0.2) is 9.67 Å². The molecule has 28 heavy (non-hydrogen) atoms. The monoisotopic (exact) mass is 381 g/mol. The third-order valence-electron chi connectivity index (χ3n) is 5.04. The van der Waals surface area contributed by atoms with Gasteiger partial charge in [-0.1, -0.05) is 13.0 Å². The molecule has 148 valence electrons. The number of aromatic nitrogens is 6. The zero-order valence-electron chi connectivity index (χ0n) is 16.5. The van der Waals surface area contributed by atoms with Crippen molar-refractivity contribution in [1.82, 2.24) is 40.0 Å². The second-order valence-electron chi connectivity index (χ2n) is 7.01. The van der Waals surface area contributed by atoms with E-state index in [4.69, 9.17) is 0 Å². The quantitative estimate of drug-likeness (QED) is 0.376. The van der Waals surface area contributed by atoms with E-state index >= 15 is 0 Å². The molecule has 0 bridgehead atoms. The number of hydrogen-bond acceptors (Lipinski definition) is 5. The van der Waals surface area contributed by atoms with Crippen molar-refractivity contribution >= 4 is 11.6 Å². The standard InChI is InChI=1S/C19H27N9/c1-3-15-23-16-10-9-14(13-28(16)26-15)22-19(20-2)21-11-6-8-18-25-24-17-7-4-5-12-27(17)18/h4-5,7,12,14H,3,6,8-11,13H2,1-2H3,(H2,20,21,22). The van der Waals surface area contributed by atoms with Gasteiger partial charge >= 0.3 is 0 Å². The molecular weight excluding hydrogens is 354 g/mol. The summed E-state index contributed by atoms with van der Waals surface area (Å²) in [5, 5.41) is 20.0. The van der Waals surface area contributed by atoms with E-state index in [0.29, 0.717) is 6.04 Å². The maximum absolute atomic E-state index is 4.57. The van der Waals surface area contributed by atoms with Crippen molar-refractivity contribution < 1.29 is 0 Å². The zero-order valence-corrected chi connectivity index (χ0v) is 16.5. The van der Waals surface area contributed by atoms with Crippen LogP contribution in [0.2, 0.25) is 0 Å². The Balaban J connectivity index is 1.25. The van der Waals surface area contributed by atoms with Crippen LogP contribution in [0.15, 0.2) is 29.4 Å². The average molecular weight is 381 g/mol. The summed E-state index contributed by atoms with van der Waals surface area (Å²) in [6, 6.07) is 6.25. The van der Waals surface area contributed by atoms with E-state index in [1.54, 1.807) is 7.05 Å². The maximum atomic E-state index is 4.57. The summed E-state index contributed by atoms with van der Waals surface area (Å²) in [6.45, 7) is 3.74. The summed E-state index contributed by atoms with van der Waals surface area (Å²) in [6.07, 6.45) is 6.68. The summed E-state index contributed by atoms with van der Waals surface area (Å²) in [5.41, 5.74) is 0.888. The third kappa shape index (κ3) is 3.97. The van der Waals surface area contributed by atoms with Crippen molar-refractivity contribution in [2.45, 2.75) is 51.6 Å². The predicted octanol–water partition coefficient (Wildman–Crippen LogP) is 0.996. The number of nitrogens with one attached hydrogen (secondary N) is 2. The Hall–Kier alpha value is -2.97. The average Bonchev–Trinajstić information content (AvgIpc) is 3.33. The minimum Gasteiger partial charge on any atom is -0.356 e. The molecule has 0 amide bonds. The predicted molar refractivity (Wildman–Crippen MR) is 107 cm³/mol. The molecule has 1 aliphatic heterocycles. The first-order valence-electron chi connectivity index (χ1n) is 9.95. The lowest BCUT2D eigenvalue weighted by Gasteiger charge is -2.25. The van der Waals surface area contributed by atoms with Crippen LogP contribution in [0.4, 0.5) is 0 Å². The SMILES string of the molecule is CCc1nc2n(n1)CC(NC(=NC)NCCCc1nnc3ccccn13)CC2. The topological polar surface area (TPSA) is 97.3 Å². The number of nitrogens with zero attached hydrogens (tertiary/aromatic N) is 7. The lowest BCUT2D eigenvalue weighted by atomic mass is 10.1. The van der Waals surface area contributed by atoms with Gasteiger partial charge in [-0.3, -0.25) is 9.39 Å². The first-order valence-corrected chi connectivity index (χ1v) is 9.95. The van der Waals surface area contributed by atoms with E-state index in [1.165, 1.54) is 0 Å². The van der Waals surface area contributed by atoms with Gasteiger partial charge in [0.15, 0.2) is 17.4 Å². The molecule has 4 rings (SSSR count). The van der Waals surface area contributed by atoms with Crippen LogP contribution in [0.1, 0.15) is 37.2 Å². The minimum atomic E-state index is 0.311. The fourth-order valence-corrected chi connectivity index (χ4v) is 3.53. The number of aryl methyl sites for hydroxylation is 3. The summed E-state index contributed by atoms with van der Waals surface area (Å²) in [7, 11) is 1.81. The largest absolute Gasteiger partial charge is 0.356 e. The van der Waals surface area contributed by atoms with Crippen molar-refractivity contribution in [2.75, 3.05) is 13.6 Å². The second-order valence-corrected chi connectivity index (χ2v) is 7.01. The Bertz CT molecular complexity index is 955. The fourth-order valence-electron chi connectivity index (χ4n) is 3.53. The highest BCUT2D eigenvalue weighted by molar-refractivity contribution is 5.79. The molecule has 9 nitrogen and oxygen atoms in total. The molecule has 0 aliphatic carbocycles. The molecule has 0 aromatic carbocycles. The number of aliphatic imine (C=N–C) groups is 1. The van der Waals surface area contributed by atoms with E-state index in [2.05, 4.69) is 42.8 Å². The van der Waals surface area contributed by atoms with Crippen LogP contribution < -0.4 is 10.6 Å². The minimum absolute atomic E-state index is 0.311. The molecular formula is C19H27N9. The fraction of sp³-hybridized carbons (Fsp3) is 0.526. The highest BCUT2D eigenvalue weighted by Crippen LogP contribution is 2.13. The molecule has 0 fully saturated rings. The highest BCUT2D eigenvalue weighted by atomic mass is 15.4. The van der Waals surface area contributed by atoms with Crippen LogP contribution in [0.3, 0.4) is 0 Å². The van der Waals surface area contributed by atoms with Crippen LogP contribution in [0, 0.1) is 0 Å². The highest BCUT2D eigenvalue weighted by Gasteiger charge is 2.22. The van der Waals surface area contributed by atoms with Gasteiger partial charge in [-0.15, -0.1) is 10.2 Å². The molecule has 4 heterocycles. The van der Waals surface area contributed by atoms with Gasteiger partial charge in [0.2, 0.25) is 0 Å². The smallest absolute Gasteiger partial charge is 0.191 e.